The van der Waals surface area contributed by atoms with E-state index in [1.165, 1.54) is 0 Å². The fourth-order valence-electron chi connectivity index (χ4n) is 0.350. The zero-order valence-corrected chi connectivity index (χ0v) is 8.21. The third kappa shape index (κ3) is 1.81. The molecule has 0 unspecified atom stereocenters. The zero-order chi connectivity index (χ0) is 5.28. The van der Waals surface area contributed by atoms with Crippen molar-refractivity contribution < 1.29 is 32.7 Å². The summed E-state index contributed by atoms with van der Waals surface area (Å²) in [5, 5.41) is 3.98. The summed E-state index contributed by atoms with van der Waals surface area (Å²) in [6, 6.07) is 0. The van der Waals surface area contributed by atoms with Crippen molar-refractivity contribution in [2.75, 3.05) is 0 Å². The molecule has 41 valence electrons. The Morgan fingerprint density at radius 3 is 1.62 bits per heavy atom. The van der Waals surface area contributed by atoms with Gasteiger partial charge in [-0.15, -0.1) is 0 Å². The molecule has 0 bridgehead atoms. The molecule has 8 heavy (non-hydrogen) atoms. The fourth-order valence-corrected chi connectivity index (χ4v) is 1.05. The summed E-state index contributed by atoms with van der Waals surface area (Å²) in [5.74, 6) is 0. The quantitative estimate of drug-likeness (QED) is 0.561. The van der Waals surface area contributed by atoms with Crippen LogP contribution in [0.3, 0.4) is 0 Å². The molecule has 2 heteroatoms. The van der Waals surface area contributed by atoms with Crippen LogP contribution in [-0.2, 0) is 32.7 Å². The van der Waals surface area contributed by atoms with Crippen LogP contribution in [0, 0.1) is 13.8 Å². The predicted octanol–water partition coefficient (Wildman–Crippen LogP) is 2.11. The van der Waals surface area contributed by atoms with E-state index in [0.29, 0.717) is 0 Å². The van der Waals surface area contributed by atoms with Crippen LogP contribution in [0.4, 0.5) is 0 Å². The second-order valence-electron chi connectivity index (χ2n) is 1.42. The summed E-state index contributed by atoms with van der Waals surface area (Å²) < 4.78 is 0. The Morgan fingerprint density at radius 2 is 1.50 bits per heavy atom. The van der Waals surface area contributed by atoms with Crippen molar-refractivity contribution in [3.63, 3.8) is 0 Å². The smallest absolute Gasteiger partial charge is 0 e. The second kappa shape index (κ2) is 3.55. The Bertz CT molecular complexity index is 141. The summed E-state index contributed by atoms with van der Waals surface area (Å²) in [5.41, 5.74) is 2.09. The van der Waals surface area contributed by atoms with Gasteiger partial charge in [0, 0.05) is 32.7 Å². The third-order valence-corrected chi connectivity index (χ3v) is 1.67. The van der Waals surface area contributed by atoms with E-state index in [0.717, 1.165) is 11.1 Å². The van der Waals surface area contributed by atoms with Gasteiger partial charge in [0.1, 0.15) is 0 Å². The maximum Gasteiger partial charge on any atom is 0 e. The Kier molecular flexibility index (Phi) is 3.79. The number of hydrogen-bond acceptors (Lipinski definition) is 1. The first kappa shape index (κ1) is 8.54. The van der Waals surface area contributed by atoms with E-state index < -0.39 is 0 Å². The minimum atomic E-state index is 0. The van der Waals surface area contributed by atoms with Crippen LogP contribution < -0.4 is 0 Å². The summed E-state index contributed by atoms with van der Waals surface area (Å²) in [6.07, 6.45) is 0. The molecule has 0 N–H and O–H groups in total. The van der Waals surface area contributed by atoms with Crippen LogP contribution >= 0.6 is 11.3 Å². The monoisotopic (exact) mass is 199 g/mol. The summed E-state index contributed by atoms with van der Waals surface area (Å²) in [4.78, 5) is 0. The minimum Gasteiger partial charge on any atom is -0.314 e. The molecular formula is C6H6SY-2. The molecule has 1 heterocycles. The molecule has 0 saturated heterocycles. The van der Waals surface area contributed by atoms with Crippen LogP contribution in [0.5, 0.6) is 0 Å². The van der Waals surface area contributed by atoms with Gasteiger partial charge in [-0.3, -0.25) is 25.0 Å². The van der Waals surface area contributed by atoms with Crippen molar-refractivity contribution in [2.24, 2.45) is 0 Å². The molecule has 1 aromatic heterocycles. The van der Waals surface area contributed by atoms with E-state index >= 15 is 0 Å². The first-order valence-corrected chi connectivity index (χ1v) is 2.95. The SMILES string of the molecule is [CH2-]c1cscc1[CH2-].[Y]. The van der Waals surface area contributed by atoms with Crippen molar-refractivity contribution in [3.8, 4) is 0 Å². The van der Waals surface area contributed by atoms with Gasteiger partial charge in [0.05, 0.1) is 0 Å². The van der Waals surface area contributed by atoms with Crippen molar-refractivity contribution in [3.05, 3.63) is 35.7 Å². The molecule has 0 spiro atoms. The molecular weight excluding hydrogens is 193 g/mol. The van der Waals surface area contributed by atoms with Crippen LogP contribution in [0.2, 0.25) is 0 Å². The van der Waals surface area contributed by atoms with Gasteiger partial charge in [0.25, 0.3) is 0 Å². The van der Waals surface area contributed by atoms with Crippen LogP contribution in [-0.4, -0.2) is 0 Å². The maximum absolute atomic E-state index is 3.73. The normalized spacial score (nSPS) is 8.00. The van der Waals surface area contributed by atoms with Gasteiger partial charge in [-0.2, -0.15) is 10.8 Å². The van der Waals surface area contributed by atoms with Gasteiger partial charge in [-0.05, 0) is 0 Å². The molecule has 0 nitrogen and oxygen atoms in total. The minimum absolute atomic E-state index is 0. The summed E-state index contributed by atoms with van der Waals surface area (Å²) >= 11 is 1.64. The van der Waals surface area contributed by atoms with E-state index in [2.05, 4.69) is 13.8 Å². The van der Waals surface area contributed by atoms with E-state index in [4.69, 9.17) is 0 Å². The zero-order valence-electron chi connectivity index (χ0n) is 4.55. The van der Waals surface area contributed by atoms with E-state index in [9.17, 15) is 0 Å². The molecule has 0 aliphatic rings. The Balaban J connectivity index is 0.000000490. The Morgan fingerprint density at radius 1 is 1.12 bits per heavy atom. The van der Waals surface area contributed by atoms with E-state index in [1.807, 2.05) is 10.8 Å². The van der Waals surface area contributed by atoms with Gasteiger partial charge in [0.15, 0.2) is 0 Å². The molecule has 0 aliphatic carbocycles. The average molecular weight is 199 g/mol. The van der Waals surface area contributed by atoms with Crippen LogP contribution in [0.25, 0.3) is 0 Å². The first-order chi connectivity index (χ1) is 3.30. The van der Waals surface area contributed by atoms with Crippen LogP contribution in [0.1, 0.15) is 11.1 Å². The van der Waals surface area contributed by atoms with E-state index in [-0.39, 0.29) is 32.7 Å². The largest absolute Gasteiger partial charge is 0.314 e. The van der Waals surface area contributed by atoms with Gasteiger partial charge >= 0.3 is 0 Å². The number of rotatable bonds is 0. The Hall–Kier alpha value is 0.544. The second-order valence-corrected chi connectivity index (χ2v) is 2.17. The van der Waals surface area contributed by atoms with Gasteiger partial charge in [-0.25, -0.2) is 0 Å². The molecule has 0 aromatic carbocycles. The van der Waals surface area contributed by atoms with E-state index in [1.54, 1.807) is 11.3 Å². The van der Waals surface area contributed by atoms with Crippen molar-refractivity contribution in [2.45, 2.75) is 0 Å². The first-order valence-electron chi connectivity index (χ1n) is 2.01. The van der Waals surface area contributed by atoms with Crippen molar-refractivity contribution in [1.82, 2.24) is 0 Å². The number of hydrogen-bond donors (Lipinski definition) is 0. The van der Waals surface area contributed by atoms with Gasteiger partial charge in [-0.1, -0.05) is 0 Å². The van der Waals surface area contributed by atoms with Gasteiger partial charge in [0.2, 0.25) is 0 Å². The standard InChI is InChI=1S/C6H6S.Y/c1-5-3-7-4-6(5)2;/h3-4H,1-2H2;/q-2;. The maximum atomic E-state index is 3.73. The van der Waals surface area contributed by atoms with Gasteiger partial charge < -0.3 is 11.3 Å². The summed E-state index contributed by atoms with van der Waals surface area (Å²) in [6.45, 7) is 7.46. The number of thiophene rings is 1. The average Bonchev–Trinajstić information content (AvgIpc) is 1.91. The molecule has 0 amide bonds. The topological polar surface area (TPSA) is 0 Å². The van der Waals surface area contributed by atoms with Crippen LogP contribution in [0.15, 0.2) is 10.8 Å². The molecule has 1 rings (SSSR count). The molecule has 0 atom stereocenters. The third-order valence-electron chi connectivity index (χ3n) is 0.833. The Labute approximate surface area is 79.2 Å². The van der Waals surface area contributed by atoms with Crippen molar-refractivity contribution >= 4 is 11.3 Å². The fraction of sp³-hybridized carbons (Fsp3) is 0. The summed E-state index contributed by atoms with van der Waals surface area (Å²) in [7, 11) is 0. The van der Waals surface area contributed by atoms with Crippen molar-refractivity contribution in [1.29, 1.82) is 0 Å². The predicted molar refractivity (Wildman–Crippen MR) is 33.2 cm³/mol. The molecule has 1 radical (unpaired) electrons. The molecule has 0 aliphatic heterocycles. The molecule has 1 aromatic rings. The molecule has 0 saturated carbocycles. The molecule has 0 fully saturated rings.